The molecule has 1 saturated carbocycles. The van der Waals surface area contributed by atoms with Crippen molar-refractivity contribution >= 4 is 5.78 Å². The summed E-state index contributed by atoms with van der Waals surface area (Å²) in [5.74, 6) is 1.42. The van der Waals surface area contributed by atoms with E-state index in [1.807, 2.05) is 24.3 Å². The van der Waals surface area contributed by atoms with Crippen LogP contribution in [0.4, 0.5) is 0 Å². The molecule has 0 amide bonds. The first-order chi connectivity index (χ1) is 9.69. The fraction of sp³-hybridized carbons (Fsp3) is 0.562. The van der Waals surface area contributed by atoms with Crippen LogP contribution in [0.2, 0.25) is 0 Å². The number of aliphatic hydroxyl groups is 1. The topological polar surface area (TPSA) is 72.6 Å². The molecule has 2 atom stereocenters. The molecule has 4 nitrogen and oxygen atoms in total. The SMILES string of the molecule is NCC[C@@H](O)c1cccc(OC[C@@H]2CCCC(=O)C2)c1. The van der Waals surface area contributed by atoms with Gasteiger partial charge < -0.3 is 15.6 Å². The van der Waals surface area contributed by atoms with E-state index >= 15 is 0 Å². The number of hydrogen-bond acceptors (Lipinski definition) is 4. The largest absolute Gasteiger partial charge is 0.493 e. The second-order valence-electron chi connectivity index (χ2n) is 5.48. The fourth-order valence-corrected chi connectivity index (χ4v) is 2.61. The molecule has 0 bridgehead atoms. The summed E-state index contributed by atoms with van der Waals surface area (Å²) < 4.78 is 5.77. The van der Waals surface area contributed by atoms with Crippen LogP contribution in [0.5, 0.6) is 5.75 Å². The number of ether oxygens (including phenoxy) is 1. The summed E-state index contributed by atoms with van der Waals surface area (Å²) in [5, 5.41) is 9.92. The Bertz CT molecular complexity index is 447. The molecule has 2 rings (SSSR count). The Kier molecular flexibility index (Phi) is 5.56. The molecular formula is C16H23NO3. The molecule has 0 aliphatic heterocycles. The molecule has 0 radical (unpaired) electrons. The molecule has 0 saturated heterocycles. The third-order valence-electron chi connectivity index (χ3n) is 3.75. The first-order valence-corrected chi connectivity index (χ1v) is 7.31. The van der Waals surface area contributed by atoms with Gasteiger partial charge in [-0.05, 0) is 49.4 Å². The smallest absolute Gasteiger partial charge is 0.133 e. The predicted octanol–water partition coefficient (Wildman–Crippen LogP) is 2.21. The number of carbonyl (C=O) groups is 1. The van der Waals surface area contributed by atoms with Crippen molar-refractivity contribution < 1.29 is 14.6 Å². The van der Waals surface area contributed by atoms with Crippen molar-refractivity contribution in [3.63, 3.8) is 0 Å². The average molecular weight is 277 g/mol. The van der Waals surface area contributed by atoms with Crippen molar-refractivity contribution in [3.8, 4) is 5.75 Å². The molecule has 1 aromatic rings. The van der Waals surface area contributed by atoms with Crippen LogP contribution in [0.15, 0.2) is 24.3 Å². The highest BCUT2D eigenvalue weighted by Crippen LogP contribution is 2.24. The van der Waals surface area contributed by atoms with E-state index in [0.717, 1.165) is 30.6 Å². The minimum absolute atomic E-state index is 0.328. The molecule has 0 spiro atoms. The van der Waals surface area contributed by atoms with Crippen molar-refractivity contribution in [2.24, 2.45) is 11.7 Å². The molecule has 1 aliphatic carbocycles. The number of benzene rings is 1. The Morgan fingerprint density at radius 1 is 1.45 bits per heavy atom. The molecule has 1 aliphatic rings. The Morgan fingerprint density at radius 3 is 3.05 bits per heavy atom. The standard InChI is InChI=1S/C16H23NO3/c17-8-7-16(19)13-4-2-6-15(10-13)20-11-12-3-1-5-14(18)9-12/h2,4,6,10,12,16,19H,1,3,5,7-9,11,17H2/t12-,16-/m1/s1. The Hall–Kier alpha value is -1.39. The van der Waals surface area contributed by atoms with E-state index in [1.165, 1.54) is 0 Å². The van der Waals surface area contributed by atoms with Gasteiger partial charge >= 0.3 is 0 Å². The number of aliphatic hydroxyl groups excluding tert-OH is 1. The minimum Gasteiger partial charge on any atom is -0.493 e. The molecule has 1 fully saturated rings. The summed E-state index contributed by atoms with van der Waals surface area (Å²) in [7, 11) is 0. The zero-order chi connectivity index (χ0) is 14.4. The van der Waals surface area contributed by atoms with Crippen LogP contribution in [-0.2, 0) is 4.79 Å². The molecule has 1 aromatic carbocycles. The van der Waals surface area contributed by atoms with E-state index in [1.54, 1.807) is 0 Å². The molecule has 0 unspecified atom stereocenters. The van der Waals surface area contributed by atoms with Crippen molar-refractivity contribution in [3.05, 3.63) is 29.8 Å². The molecule has 0 aromatic heterocycles. The molecule has 0 heterocycles. The highest BCUT2D eigenvalue weighted by atomic mass is 16.5. The summed E-state index contributed by atoms with van der Waals surface area (Å²) >= 11 is 0. The monoisotopic (exact) mass is 277 g/mol. The van der Waals surface area contributed by atoms with Gasteiger partial charge in [-0.1, -0.05) is 12.1 Å². The van der Waals surface area contributed by atoms with E-state index in [4.69, 9.17) is 10.5 Å². The van der Waals surface area contributed by atoms with Gasteiger partial charge in [-0.2, -0.15) is 0 Å². The second-order valence-corrected chi connectivity index (χ2v) is 5.48. The maximum absolute atomic E-state index is 11.4. The normalized spacial score (nSPS) is 20.7. The number of ketones is 1. The van der Waals surface area contributed by atoms with Gasteiger partial charge in [0.15, 0.2) is 0 Å². The van der Waals surface area contributed by atoms with Gasteiger partial charge in [0.1, 0.15) is 11.5 Å². The third-order valence-corrected chi connectivity index (χ3v) is 3.75. The molecule has 110 valence electrons. The van der Waals surface area contributed by atoms with E-state index < -0.39 is 6.10 Å². The van der Waals surface area contributed by atoms with E-state index in [0.29, 0.717) is 37.7 Å². The van der Waals surface area contributed by atoms with Gasteiger partial charge in [0, 0.05) is 12.8 Å². The van der Waals surface area contributed by atoms with Crippen LogP contribution in [0, 0.1) is 5.92 Å². The quantitative estimate of drug-likeness (QED) is 0.836. The Balaban J connectivity index is 1.89. The van der Waals surface area contributed by atoms with Crippen LogP contribution in [0.3, 0.4) is 0 Å². The predicted molar refractivity (Wildman–Crippen MR) is 77.5 cm³/mol. The number of carbonyl (C=O) groups excluding carboxylic acids is 1. The summed E-state index contributed by atoms with van der Waals surface area (Å²) in [6.45, 7) is 1.03. The van der Waals surface area contributed by atoms with Gasteiger partial charge in [-0.25, -0.2) is 0 Å². The average Bonchev–Trinajstić information content (AvgIpc) is 2.46. The Labute approximate surface area is 119 Å². The van der Waals surface area contributed by atoms with Gasteiger partial charge in [-0.3, -0.25) is 4.79 Å². The van der Waals surface area contributed by atoms with Gasteiger partial charge in [0.05, 0.1) is 12.7 Å². The lowest BCUT2D eigenvalue weighted by Gasteiger charge is -2.21. The number of hydrogen-bond donors (Lipinski definition) is 2. The highest BCUT2D eigenvalue weighted by Gasteiger charge is 2.20. The zero-order valence-electron chi connectivity index (χ0n) is 11.8. The minimum atomic E-state index is -0.542. The second kappa shape index (κ2) is 7.41. The van der Waals surface area contributed by atoms with Crippen molar-refractivity contribution in [1.82, 2.24) is 0 Å². The summed E-state index contributed by atoms with van der Waals surface area (Å²) in [5.41, 5.74) is 6.28. The molecule has 3 N–H and O–H groups in total. The highest BCUT2D eigenvalue weighted by molar-refractivity contribution is 5.79. The van der Waals surface area contributed by atoms with Gasteiger partial charge in [0.2, 0.25) is 0 Å². The molecule has 20 heavy (non-hydrogen) atoms. The Morgan fingerprint density at radius 2 is 2.30 bits per heavy atom. The van der Waals surface area contributed by atoms with E-state index in [-0.39, 0.29) is 0 Å². The zero-order valence-corrected chi connectivity index (χ0v) is 11.8. The fourth-order valence-electron chi connectivity index (χ4n) is 2.61. The first kappa shape index (κ1) is 15.0. The van der Waals surface area contributed by atoms with Gasteiger partial charge in [-0.15, -0.1) is 0 Å². The number of nitrogens with two attached hydrogens (primary N) is 1. The van der Waals surface area contributed by atoms with Crippen LogP contribution >= 0.6 is 0 Å². The lowest BCUT2D eigenvalue weighted by molar-refractivity contribution is -0.121. The first-order valence-electron chi connectivity index (χ1n) is 7.31. The van der Waals surface area contributed by atoms with Gasteiger partial charge in [0.25, 0.3) is 0 Å². The van der Waals surface area contributed by atoms with Crippen molar-refractivity contribution in [2.45, 2.75) is 38.2 Å². The number of Topliss-reactive ketones (excluding diaryl/α,β-unsaturated/α-hetero) is 1. The lowest BCUT2D eigenvalue weighted by atomic mass is 9.89. The van der Waals surface area contributed by atoms with Crippen molar-refractivity contribution in [1.29, 1.82) is 0 Å². The maximum Gasteiger partial charge on any atom is 0.133 e. The lowest BCUT2D eigenvalue weighted by Crippen LogP contribution is -2.20. The van der Waals surface area contributed by atoms with E-state index in [9.17, 15) is 9.90 Å². The van der Waals surface area contributed by atoms with Crippen LogP contribution in [0.1, 0.15) is 43.8 Å². The van der Waals surface area contributed by atoms with Crippen LogP contribution in [0.25, 0.3) is 0 Å². The third kappa shape index (κ3) is 4.32. The van der Waals surface area contributed by atoms with Crippen LogP contribution in [-0.4, -0.2) is 24.0 Å². The molecular weight excluding hydrogens is 254 g/mol. The summed E-state index contributed by atoms with van der Waals surface area (Å²) in [6, 6.07) is 7.47. The summed E-state index contributed by atoms with van der Waals surface area (Å²) in [4.78, 5) is 11.4. The number of rotatable bonds is 6. The maximum atomic E-state index is 11.4. The van der Waals surface area contributed by atoms with Crippen LogP contribution < -0.4 is 10.5 Å². The summed E-state index contributed by atoms with van der Waals surface area (Å²) in [6.07, 6.45) is 3.39. The van der Waals surface area contributed by atoms with Crippen molar-refractivity contribution in [2.75, 3.05) is 13.2 Å². The van der Waals surface area contributed by atoms with E-state index in [2.05, 4.69) is 0 Å². The molecule has 4 heteroatoms.